The quantitative estimate of drug-likeness (QED) is 0.725. The van der Waals surface area contributed by atoms with Gasteiger partial charge >= 0.3 is 0 Å². The molecule has 0 saturated carbocycles. The number of methoxy groups -OCH3 is 1. The molecule has 2 heterocycles. The van der Waals surface area contributed by atoms with Gasteiger partial charge in [-0.15, -0.1) is 0 Å². The van der Waals surface area contributed by atoms with Gasteiger partial charge in [-0.05, 0) is 37.1 Å². The lowest BCUT2D eigenvalue weighted by Gasteiger charge is -2.14. The second-order valence-corrected chi connectivity index (χ2v) is 5.83. The maximum absolute atomic E-state index is 12.6. The maximum Gasteiger partial charge on any atom is 0.255 e. The number of rotatable bonds is 6. The average molecular weight is 336 g/mol. The number of H-pyrrole nitrogens is 1. The Morgan fingerprint density at radius 3 is 2.92 bits per heavy atom. The molecule has 0 aliphatic carbocycles. The number of hydrogen-bond acceptors (Lipinski definition) is 4. The molecule has 0 radical (unpaired) electrons. The molecule has 0 bridgehead atoms. The lowest BCUT2D eigenvalue weighted by Crippen LogP contribution is -2.34. The summed E-state index contributed by atoms with van der Waals surface area (Å²) in [6.07, 6.45) is 5.80. The third kappa shape index (κ3) is 4.03. The molecule has 128 valence electrons. The van der Waals surface area contributed by atoms with Crippen molar-refractivity contribution < 1.29 is 9.53 Å². The summed E-state index contributed by atoms with van der Waals surface area (Å²) in [4.78, 5) is 16.7. The van der Waals surface area contributed by atoms with E-state index in [0.29, 0.717) is 17.7 Å². The van der Waals surface area contributed by atoms with Gasteiger partial charge in [0.2, 0.25) is 0 Å². The predicted octanol–water partition coefficient (Wildman–Crippen LogP) is 2.84. The highest BCUT2D eigenvalue weighted by molar-refractivity contribution is 5.99. The van der Waals surface area contributed by atoms with Gasteiger partial charge in [0.1, 0.15) is 5.75 Å². The minimum Gasteiger partial charge on any atom is -0.497 e. The zero-order chi connectivity index (χ0) is 17.6. The van der Waals surface area contributed by atoms with E-state index in [1.54, 1.807) is 19.5 Å². The number of nitrogens with zero attached hydrogens (tertiary/aromatic N) is 2. The van der Waals surface area contributed by atoms with Gasteiger partial charge in [-0.3, -0.25) is 14.9 Å². The maximum atomic E-state index is 12.6. The van der Waals surface area contributed by atoms with E-state index in [4.69, 9.17) is 4.74 Å². The molecule has 1 aromatic carbocycles. The van der Waals surface area contributed by atoms with Gasteiger partial charge in [0.15, 0.2) is 0 Å². The first kappa shape index (κ1) is 16.7. The normalized spacial score (nSPS) is 11.8. The van der Waals surface area contributed by atoms with Crippen LogP contribution in [0.15, 0.2) is 55.0 Å². The standard InChI is InChI=1S/C19H20N4O2/c1-13(9-14-5-4-8-20-11-14)22-19(24)17-12-21-23-18(17)15-6-3-7-16(10-15)25-2/h3-8,10-13H,9H2,1-2H3,(H,21,23)(H,22,24)/t13-/m1/s1. The van der Waals surface area contributed by atoms with Crippen LogP contribution in [0.5, 0.6) is 5.75 Å². The molecule has 0 aliphatic heterocycles. The number of carbonyl (C=O) groups is 1. The van der Waals surface area contributed by atoms with Gasteiger partial charge in [0, 0.05) is 24.0 Å². The second kappa shape index (κ2) is 7.61. The molecular weight excluding hydrogens is 316 g/mol. The molecule has 0 fully saturated rings. The summed E-state index contributed by atoms with van der Waals surface area (Å²) in [5.74, 6) is 0.561. The van der Waals surface area contributed by atoms with Crippen molar-refractivity contribution in [3.8, 4) is 17.0 Å². The summed E-state index contributed by atoms with van der Waals surface area (Å²) in [6.45, 7) is 1.97. The molecule has 25 heavy (non-hydrogen) atoms. The van der Waals surface area contributed by atoms with E-state index in [1.807, 2.05) is 49.5 Å². The van der Waals surface area contributed by atoms with Crippen LogP contribution >= 0.6 is 0 Å². The summed E-state index contributed by atoms with van der Waals surface area (Å²) in [6, 6.07) is 11.4. The Kier molecular flexibility index (Phi) is 5.09. The topological polar surface area (TPSA) is 79.9 Å². The number of hydrogen-bond donors (Lipinski definition) is 2. The fourth-order valence-electron chi connectivity index (χ4n) is 2.68. The summed E-state index contributed by atoms with van der Waals surface area (Å²) < 4.78 is 5.24. The highest BCUT2D eigenvalue weighted by atomic mass is 16.5. The zero-order valence-electron chi connectivity index (χ0n) is 14.2. The Labute approximate surface area is 146 Å². The number of nitrogens with one attached hydrogen (secondary N) is 2. The van der Waals surface area contributed by atoms with Crippen LogP contribution in [0.25, 0.3) is 11.3 Å². The van der Waals surface area contributed by atoms with Crippen molar-refractivity contribution in [3.05, 3.63) is 66.1 Å². The van der Waals surface area contributed by atoms with E-state index in [9.17, 15) is 4.79 Å². The molecule has 1 amide bonds. The molecule has 0 spiro atoms. The third-order valence-corrected chi connectivity index (χ3v) is 3.88. The molecule has 1 atom stereocenters. The number of aromatic nitrogens is 3. The van der Waals surface area contributed by atoms with Crippen molar-refractivity contribution in [3.63, 3.8) is 0 Å². The fourth-order valence-corrected chi connectivity index (χ4v) is 2.68. The number of aromatic amines is 1. The zero-order valence-corrected chi connectivity index (χ0v) is 14.2. The molecule has 2 aromatic heterocycles. The van der Waals surface area contributed by atoms with Gasteiger partial charge < -0.3 is 10.1 Å². The molecular formula is C19H20N4O2. The van der Waals surface area contributed by atoms with Gasteiger partial charge in [0.05, 0.1) is 24.6 Å². The van der Waals surface area contributed by atoms with Crippen LogP contribution in [0.3, 0.4) is 0 Å². The first-order chi connectivity index (χ1) is 12.2. The van der Waals surface area contributed by atoms with Crippen molar-refractivity contribution in [1.82, 2.24) is 20.5 Å². The van der Waals surface area contributed by atoms with Crippen molar-refractivity contribution in [1.29, 1.82) is 0 Å². The number of ether oxygens (including phenoxy) is 1. The summed E-state index contributed by atoms with van der Waals surface area (Å²) in [7, 11) is 1.61. The first-order valence-corrected chi connectivity index (χ1v) is 8.05. The molecule has 6 nitrogen and oxygen atoms in total. The van der Waals surface area contributed by atoms with E-state index < -0.39 is 0 Å². The largest absolute Gasteiger partial charge is 0.497 e. The van der Waals surface area contributed by atoms with Crippen LogP contribution in [0.1, 0.15) is 22.8 Å². The number of benzene rings is 1. The molecule has 0 saturated heterocycles. The first-order valence-electron chi connectivity index (χ1n) is 8.05. The van der Waals surface area contributed by atoms with Gasteiger partial charge in [-0.25, -0.2) is 0 Å². The Morgan fingerprint density at radius 2 is 2.16 bits per heavy atom. The molecule has 2 N–H and O–H groups in total. The SMILES string of the molecule is COc1cccc(-c2[nH]ncc2C(=O)N[C@H](C)Cc2cccnc2)c1. The van der Waals surface area contributed by atoms with Gasteiger partial charge in [-0.1, -0.05) is 18.2 Å². The van der Waals surface area contributed by atoms with Crippen LogP contribution in [0.4, 0.5) is 0 Å². The number of pyridine rings is 1. The van der Waals surface area contributed by atoms with Crippen molar-refractivity contribution in [2.45, 2.75) is 19.4 Å². The Morgan fingerprint density at radius 1 is 1.28 bits per heavy atom. The lowest BCUT2D eigenvalue weighted by molar-refractivity contribution is 0.0941. The van der Waals surface area contributed by atoms with Gasteiger partial charge in [-0.2, -0.15) is 5.10 Å². The third-order valence-electron chi connectivity index (χ3n) is 3.88. The van der Waals surface area contributed by atoms with E-state index in [0.717, 1.165) is 16.9 Å². The van der Waals surface area contributed by atoms with Crippen LogP contribution in [0.2, 0.25) is 0 Å². The van der Waals surface area contributed by atoms with Crippen molar-refractivity contribution in [2.24, 2.45) is 0 Å². The average Bonchev–Trinajstić information content (AvgIpc) is 3.12. The highest BCUT2D eigenvalue weighted by Gasteiger charge is 2.17. The minimum atomic E-state index is -0.164. The summed E-state index contributed by atoms with van der Waals surface area (Å²) in [5.41, 5.74) is 3.11. The Hall–Kier alpha value is -3.15. The van der Waals surface area contributed by atoms with Crippen LogP contribution in [-0.4, -0.2) is 34.2 Å². The van der Waals surface area contributed by atoms with E-state index >= 15 is 0 Å². The fraction of sp³-hybridized carbons (Fsp3) is 0.211. The highest BCUT2D eigenvalue weighted by Crippen LogP contribution is 2.25. The summed E-state index contributed by atoms with van der Waals surface area (Å²) >= 11 is 0. The molecule has 0 aliphatic rings. The van der Waals surface area contributed by atoms with Crippen LogP contribution < -0.4 is 10.1 Å². The summed E-state index contributed by atoms with van der Waals surface area (Å²) in [5, 5.41) is 9.94. The van der Waals surface area contributed by atoms with Gasteiger partial charge in [0.25, 0.3) is 5.91 Å². The second-order valence-electron chi connectivity index (χ2n) is 5.83. The number of amides is 1. The Bertz CT molecular complexity index is 845. The predicted molar refractivity (Wildman–Crippen MR) is 95.4 cm³/mol. The molecule has 6 heteroatoms. The molecule has 3 rings (SSSR count). The minimum absolute atomic E-state index is 0.0234. The van der Waals surface area contributed by atoms with E-state index in [1.165, 1.54) is 0 Å². The van der Waals surface area contributed by atoms with Crippen LogP contribution in [-0.2, 0) is 6.42 Å². The number of carbonyl (C=O) groups excluding carboxylic acids is 1. The van der Waals surface area contributed by atoms with Crippen LogP contribution in [0, 0.1) is 0 Å². The molecule has 0 unspecified atom stereocenters. The van der Waals surface area contributed by atoms with Crippen molar-refractivity contribution >= 4 is 5.91 Å². The van der Waals surface area contributed by atoms with E-state index in [2.05, 4.69) is 20.5 Å². The monoisotopic (exact) mass is 336 g/mol. The van der Waals surface area contributed by atoms with E-state index in [-0.39, 0.29) is 11.9 Å². The van der Waals surface area contributed by atoms with Crippen molar-refractivity contribution in [2.75, 3.05) is 7.11 Å². The Balaban J connectivity index is 1.74. The molecule has 3 aromatic rings. The lowest BCUT2D eigenvalue weighted by atomic mass is 10.1. The smallest absolute Gasteiger partial charge is 0.255 e.